The predicted molar refractivity (Wildman–Crippen MR) is 74.9 cm³/mol. The maximum atomic E-state index is 12.6. The van der Waals surface area contributed by atoms with Gasteiger partial charge >= 0.3 is 6.18 Å². The molecule has 124 valence electrons. The average Bonchev–Trinajstić information content (AvgIpc) is 2.43. The third-order valence-electron chi connectivity index (χ3n) is 3.26. The van der Waals surface area contributed by atoms with E-state index >= 15 is 0 Å². The molecule has 1 aromatic rings. The first-order chi connectivity index (χ1) is 10.1. The molecular formula is C15H20F3NO3. The molecular weight excluding hydrogens is 299 g/mol. The molecule has 22 heavy (non-hydrogen) atoms. The molecule has 1 rings (SSSR count). The Kier molecular flexibility index (Phi) is 6.37. The van der Waals surface area contributed by atoms with Crippen molar-refractivity contribution >= 4 is 5.91 Å². The smallest absolute Gasteiger partial charge is 0.392 e. The second kappa shape index (κ2) is 7.60. The van der Waals surface area contributed by atoms with Gasteiger partial charge in [0.25, 0.3) is 0 Å². The number of carbonyl (C=O) groups is 1. The molecule has 2 atom stereocenters. The fraction of sp³-hybridized carbons (Fsp3) is 0.533. The Labute approximate surface area is 127 Å². The van der Waals surface area contributed by atoms with Crippen LogP contribution in [-0.4, -0.2) is 28.8 Å². The number of hydrogen-bond donors (Lipinski definition) is 3. The summed E-state index contributed by atoms with van der Waals surface area (Å²) in [4.78, 5) is 11.6. The molecule has 4 nitrogen and oxygen atoms in total. The number of nitrogens with one attached hydrogen (secondary N) is 1. The zero-order valence-electron chi connectivity index (χ0n) is 12.4. The van der Waals surface area contributed by atoms with E-state index in [1.165, 1.54) is 12.1 Å². The molecule has 1 amide bonds. The summed E-state index contributed by atoms with van der Waals surface area (Å²) in [6, 6.07) is 4.31. The van der Waals surface area contributed by atoms with E-state index in [0.717, 1.165) is 12.1 Å². The molecule has 1 aromatic carbocycles. The molecule has 2 unspecified atom stereocenters. The van der Waals surface area contributed by atoms with Gasteiger partial charge in [-0.25, -0.2) is 0 Å². The van der Waals surface area contributed by atoms with Crippen LogP contribution < -0.4 is 5.32 Å². The minimum Gasteiger partial charge on any atom is -0.392 e. The molecule has 0 aliphatic heterocycles. The Morgan fingerprint density at radius 1 is 1.27 bits per heavy atom. The highest BCUT2D eigenvalue weighted by molar-refractivity contribution is 5.76. The molecule has 0 aromatic heterocycles. The van der Waals surface area contributed by atoms with Gasteiger partial charge in [-0.3, -0.25) is 4.79 Å². The fourth-order valence-corrected chi connectivity index (χ4v) is 1.75. The lowest BCUT2D eigenvalue weighted by Crippen LogP contribution is -2.32. The summed E-state index contributed by atoms with van der Waals surface area (Å²) in [5.41, 5.74) is -0.787. The number of halogens is 3. The Balaban J connectivity index is 2.59. The summed E-state index contributed by atoms with van der Waals surface area (Å²) in [6.45, 7) is 3.30. The van der Waals surface area contributed by atoms with Crippen molar-refractivity contribution in [3.63, 3.8) is 0 Å². The summed E-state index contributed by atoms with van der Waals surface area (Å²) in [7, 11) is 0. The van der Waals surface area contributed by atoms with Gasteiger partial charge in [0.2, 0.25) is 5.91 Å². The fourth-order valence-electron chi connectivity index (χ4n) is 1.75. The van der Waals surface area contributed by atoms with E-state index in [1.807, 2.05) is 0 Å². The molecule has 0 saturated carbocycles. The number of rotatable bonds is 6. The lowest BCUT2D eigenvalue weighted by atomic mass is 10.0. The maximum absolute atomic E-state index is 12.6. The van der Waals surface area contributed by atoms with Gasteiger partial charge in [-0.05, 0) is 23.6 Å². The summed E-state index contributed by atoms with van der Waals surface area (Å²) in [5.74, 6) is -0.550. The number of carbonyl (C=O) groups excluding carboxylic acids is 1. The third-order valence-corrected chi connectivity index (χ3v) is 3.26. The van der Waals surface area contributed by atoms with E-state index in [4.69, 9.17) is 0 Å². The first-order valence-electron chi connectivity index (χ1n) is 6.91. The Morgan fingerprint density at radius 3 is 2.45 bits per heavy atom. The minimum absolute atomic E-state index is 0.0690. The highest BCUT2D eigenvalue weighted by atomic mass is 19.4. The van der Waals surface area contributed by atoms with Crippen molar-refractivity contribution in [3.8, 4) is 0 Å². The van der Waals surface area contributed by atoms with Crippen LogP contribution in [0.1, 0.15) is 37.5 Å². The van der Waals surface area contributed by atoms with Crippen LogP contribution in [0.15, 0.2) is 24.3 Å². The van der Waals surface area contributed by atoms with Gasteiger partial charge in [0, 0.05) is 6.54 Å². The monoisotopic (exact) mass is 319 g/mol. The molecule has 0 aliphatic rings. The van der Waals surface area contributed by atoms with Crippen molar-refractivity contribution < 1.29 is 28.2 Å². The highest BCUT2D eigenvalue weighted by Gasteiger charge is 2.30. The van der Waals surface area contributed by atoms with Gasteiger partial charge in [0.05, 0.1) is 24.2 Å². The first kappa shape index (κ1) is 18.4. The molecule has 0 spiro atoms. The van der Waals surface area contributed by atoms with Crippen molar-refractivity contribution in [2.75, 3.05) is 6.54 Å². The normalized spacial score (nSPS) is 14.7. The lowest BCUT2D eigenvalue weighted by Gasteiger charge is -2.16. The predicted octanol–water partition coefficient (Wildman–Crippen LogP) is 2.26. The van der Waals surface area contributed by atoms with Crippen molar-refractivity contribution in [2.45, 2.75) is 38.7 Å². The van der Waals surface area contributed by atoms with Crippen molar-refractivity contribution in [1.29, 1.82) is 0 Å². The molecule has 0 fully saturated rings. The summed E-state index contributed by atoms with van der Waals surface area (Å²) < 4.78 is 37.8. The van der Waals surface area contributed by atoms with Crippen LogP contribution in [-0.2, 0) is 11.0 Å². The maximum Gasteiger partial charge on any atom is 0.416 e. The second-order valence-electron chi connectivity index (χ2n) is 5.46. The lowest BCUT2D eigenvalue weighted by molar-refractivity contribution is -0.137. The number of aliphatic hydroxyl groups excluding tert-OH is 2. The number of aliphatic hydroxyl groups is 2. The minimum atomic E-state index is -4.49. The zero-order valence-corrected chi connectivity index (χ0v) is 12.4. The van der Waals surface area contributed by atoms with Crippen molar-refractivity contribution in [1.82, 2.24) is 5.32 Å². The second-order valence-corrected chi connectivity index (χ2v) is 5.46. The van der Waals surface area contributed by atoms with Crippen molar-refractivity contribution in [3.05, 3.63) is 35.4 Å². The summed E-state index contributed by atoms with van der Waals surface area (Å²) >= 11 is 0. The van der Waals surface area contributed by atoms with E-state index in [9.17, 15) is 28.2 Å². The Bertz CT molecular complexity index is 503. The van der Waals surface area contributed by atoms with Crippen LogP contribution in [0.3, 0.4) is 0 Å². The van der Waals surface area contributed by atoms with Crippen LogP contribution in [0.4, 0.5) is 13.2 Å². The van der Waals surface area contributed by atoms with E-state index in [0.29, 0.717) is 0 Å². The van der Waals surface area contributed by atoms with Gasteiger partial charge in [0.15, 0.2) is 0 Å². The Hall–Kier alpha value is -1.60. The van der Waals surface area contributed by atoms with E-state index in [2.05, 4.69) is 5.32 Å². The molecule has 0 heterocycles. The molecule has 0 bridgehead atoms. The number of alkyl halides is 3. The largest absolute Gasteiger partial charge is 0.416 e. The van der Waals surface area contributed by atoms with Crippen LogP contribution in [0.2, 0.25) is 0 Å². The van der Waals surface area contributed by atoms with Gasteiger partial charge in [-0.1, -0.05) is 26.0 Å². The third kappa shape index (κ3) is 5.65. The van der Waals surface area contributed by atoms with Gasteiger partial charge in [-0.15, -0.1) is 0 Å². The van der Waals surface area contributed by atoms with Crippen molar-refractivity contribution in [2.24, 2.45) is 5.92 Å². The van der Waals surface area contributed by atoms with Gasteiger partial charge in [-0.2, -0.15) is 13.2 Å². The molecule has 0 aliphatic carbocycles. The van der Waals surface area contributed by atoms with Crippen LogP contribution >= 0.6 is 0 Å². The number of amides is 1. The van der Waals surface area contributed by atoms with E-state index in [1.54, 1.807) is 13.8 Å². The van der Waals surface area contributed by atoms with E-state index < -0.39 is 29.9 Å². The molecule has 3 N–H and O–H groups in total. The molecule has 7 heteroatoms. The summed E-state index contributed by atoms with van der Waals surface area (Å²) in [6.07, 6.45) is -6.65. The number of hydrogen-bond acceptors (Lipinski definition) is 3. The van der Waals surface area contributed by atoms with Crippen LogP contribution in [0, 0.1) is 5.92 Å². The van der Waals surface area contributed by atoms with E-state index in [-0.39, 0.29) is 24.4 Å². The SMILES string of the molecule is CC(C)C(O)CC(=O)NCC(O)c1cccc(C(F)(F)F)c1. The van der Waals surface area contributed by atoms with Crippen LogP contribution in [0.25, 0.3) is 0 Å². The standard InChI is InChI=1S/C15H20F3NO3/c1-9(2)12(20)7-14(22)19-8-13(21)10-4-3-5-11(6-10)15(16,17)18/h3-6,9,12-13,20-21H,7-8H2,1-2H3,(H,19,22). The number of benzene rings is 1. The van der Waals surface area contributed by atoms with Gasteiger partial charge in [0.1, 0.15) is 0 Å². The molecule has 0 saturated heterocycles. The Morgan fingerprint density at radius 2 is 1.91 bits per heavy atom. The van der Waals surface area contributed by atoms with Crippen LogP contribution in [0.5, 0.6) is 0 Å². The average molecular weight is 319 g/mol. The van der Waals surface area contributed by atoms with Gasteiger partial charge < -0.3 is 15.5 Å². The quantitative estimate of drug-likeness (QED) is 0.753. The summed E-state index contributed by atoms with van der Waals surface area (Å²) in [5, 5.41) is 21.8. The highest BCUT2D eigenvalue weighted by Crippen LogP contribution is 2.30. The molecule has 0 radical (unpaired) electrons. The topological polar surface area (TPSA) is 69.6 Å². The zero-order chi connectivity index (χ0) is 16.9. The first-order valence-corrected chi connectivity index (χ1v) is 6.91.